The van der Waals surface area contributed by atoms with Gasteiger partial charge in [-0.05, 0) is 25.3 Å². The highest BCUT2D eigenvalue weighted by Crippen LogP contribution is 2.17. The van der Waals surface area contributed by atoms with E-state index in [1.54, 1.807) is 0 Å². The maximum Gasteiger partial charge on any atom is 0.0718 e. The van der Waals surface area contributed by atoms with Crippen LogP contribution in [0.25, 0.3) is 0 Å². The minimum atomic E-state index is -0.137. The minimum Gasteiger partial charge on any atom is -0.391 e. The van der Waals surface area contributed by atoms with Crippen LogP contribution in [-0.4, -0.2) is 23.8 Å². The molecule has 0 bridgehead atoms. The summed E-state index contributed by atoms with van der Waals surface area (Å²) in [4.78, 5) is 0. The van der Waals surface area contributed by atoms with E-state index in [9.17, 15) is 5.11 Å². The van der Waals surface area contributed by atoms with E-state index >= 15 is 0 Å². The molecule has 0 saturated carbocycles. The van der Waals surface area contributed by atoms with Crippen LogP contribution < -0.4 is 5.32 Å². The monoisotopic (exact) mass is 157 g/mol. The smallest absolute Gasteiger partial charge is 0.0718 e. The minimum absolute atomic E-state index is 0.137. The largest absolute Gasteiger partial charge is 0.391 e. The van der Waals surface area contributed by atoms with Crippen LogP contribution >= 0.6 is 0 Å². The zero-order valence-electron chi connectivity index (χ0n) is 7.51. The van der Waals surface area contributed by atoms with Crippen LogP contribution in [0, 0.1) is 5.92 Å². The van der Waals surface area contributed by atoms with Gasteiger partial charge in [-0.2, -0.15) is 0 Å². The van der Waals surface area contributed by atoms with Gasteiger partial charge in [-0.25, -0.2) is 0 Å². The highest BCUT2D eigenvalue weighted by molar-refractivity contribution is 4.83. The molecule has 0 amide bonds. The number of hydrogen-bond acceptors (Lipinski definition) is 2. The van der Waals surface area contributed by atoms with Crippen molar-refractivity contribution in [3.63, 3.8) is 0 Å². The fourth-order valence-electron chi connectivity index (χ4n) is 1.64. The molecule has 1 aliphatic heterocycles. The lowest BCUT2D eigenvalue weighted by molar-refractivity contribution is 0.0810. The molecule has 66 valence electrons. The van der Waals surface area contributed by atoms with Crippen molar-refractivity contribution >= 4 is 0 Å². The van der Waals surface area contributed by atoms with Gasteiger partial charge in [0.2, 0.25) is 0 Å². The highest BCUT2D eigenvalue weighted by Gasteiger charge is 2.25. The van der Waals surface area contributed by atoms with Crippen LogP contribution in [0.2, 0.25) is 0 Å². The molecule has 1 heterocycles. The second-order valence-electron chi connectivity index (χ2n) is 3.58. The van der Waals surface area contributed by atoms with Gasteiger partial charge in [-0.3, -0.25) is 0 Å². The molecule has 2 nitrogen and oxygen atoms in total. The van der Waals surface area contributed by atoms with Crippen molar-refractivity contribution in [1.82, 2.24) is 5.32 Å². The maximum absolute atomic E-state index is 9.75. The standard InChI is InChI=1S/C9H19NO/c1-3-7(2)9(11)8-5-4-6-10-8/h7-11H,3-6H2,1-2H3/t7?,8-,9?/m1/s1. The summed E-state index contributed by atoms with van der Waals surface area (Å²) in [5, 5.41) is 13.1. The van der Waals surface area contributed by atoms with Crippen LogP contribution in [0.3, 0.4) is 0 Å². The number of hydrogen-bond donors (Lipinski definition) is 2. The lowest BCUT2D eigenvalue weighted by atomic mass is 9.95. The van der Waals surface area contributed by atoms with Crippen molar-refractivity contribution < 1.29 is 5.11 Å². The van der Waals surface area contributed by atoms with E-state index in [1.807, 2.05) is 0 Å². The topological polar surface area (TPSA) is 32.3 Å². The van der Waals surface area contributed by atoms with Gasteiger partial charge in [0.15, 0.2) is 0 Å². The second kappa shape index (κ2) is 4.07. The molecule has 1 saturated heterocycles. The van der Waals surface area contributed by atoms with Crippen molar-refractivity contribution in [3.8, 4) is 0 Å². The summed E-state index contributed by atoms with van der Waals surface area (Å²) in [7, 11) is 0. The Morgan fingerprint density at radius 2 is 2.36 bits per heavy atom. The lowest BCUT2D eigenvalue weighted by Gasteiger charge is -2.23. The summed E-state index contributed by atoms with van der Waals surface area (Å²) in [5.74, 6) is 0.436. The third-order valence-electron chi connectivity index (χ3n) is 2.74. The molecular formula is C9H19NO. The van der Waals surface area contributed by atoms with Gasteiger partial charge in [0.1, 0.15) is 0 Å². The van der Waals surface area contributed by atoms with Crippen molar-refractivity contribution in [2.24, 2.45) is 5.92 Å². The van der Waals surface area contributed by atoms with E-state index in [4.69, 9.17) is 0 Å². The second-order valence-corrected chi connectivity index (χ2v) is 3.58. The maximum atomic E-state index is 9.75. The first kappa shape index (κ1) is 9.01. The molecule has 2 heteroatoms. The Labute approximate surface area is 69.0 Å². The first-order valence-corrected chi connectivity index (χ1v) is 4.67. The van der Waals surface area contributed by atoms with Crippen LogP contribution in [0.5, 0.6) is 0 Å². The molecule has 1 rings (SSSR count). The van der Waals surface area contributed by atoms with Crippen molar-refractivity contribution in [1.29, 1.82) is 0 Å². The fraction of sp³-hybridized carbons (Fsp3) is 1.00. The highest BCUT2D eigenvalue weighted by atomic mass is 16.3. The molecule has 0 aliphatic carbocycles. The normalized spacial score (nSPS) is 30.3. The van der Waals surface area contributed by atoms with Gasteiger partial charge in [0, 0.05) is 6.04 Å². The van der Waals surface area contributed by atoms with E-state index in [1.165, 1.54) is 6.42 Å². The Morgan fingerprint density at radius 1 is 1.64 bits per heavy atom. The predicted octanol–water partition coefficient (Wildman–Crippen LogP) is 1.15. The van der Waals surface area contributed by atoms with Crippen LogP contribution in [0.15, 0.2) is 0 Å². The third-order valence-corrected chi connectivity index (χ3v) is 2.74. The van der Waals surface area contributed by atoms with Crippen molar-refractivity contribution in [3.05, 3.63) is 0 Å². The van der Waals surface area contributed by atoms with Crippen LogP contribution in [-0.2, 0) is 0 Å². The Bertz CT molecular complexity index is 110. The summed E-state index contributed by atoms with van der Waals surface area (Å²) in [6.45, 7) is 5.33. The molecule has 0 spiro atoms. The molecule has 2 N–H and O–H groups in total. The van der Waals surface area contributed by atoms with E-state index < -0.39 is 0 Å². The van der Waals surface area contributed by atoms with Gasteiger partial charge < -0.3 is 10.4 Å². The number of aliphatic hydroxyl groups is 1. The van der Waals surface area contributed by atoms with Crippen molar-refractivity contribution in [2.45, 2.75) is 45.3 Å². The quantitative estimate of drug-likeness (QED) is 0.644. The Balaban J connectivity index is 2.32. The molecule has 0 radical (unpaired) electrons. The van der Waals surface area contributed by atoms with E-state index in [-0.39, 0.29) is 6.10 Å². The van der Waals surface area contributed by atoms with E-state index in [2.05, 4.69) is 19.2 Å². The van der Waals surface area contributed by atoms with E-state index in [0.29, 0.717) is 12.0 Å². The summed E-state index contributed by atoms with van der Waals surface area (Å²) in [5.41, 5.74) is 0. The molecule has 1 fully saturated rings. The van der Waals surface area contributed by atoms with Crippen LogP contribution in [0.1, 0.15) is 33.1 Å². The summed E-state index contributed by atoms with van der Waals surface area (Å²) >= 11 is 0. The SMILES string of the molecule is CCC(C)C(O)[C@H]1CCCN1. The Hall–Kier alpha value is -0.0800. The molecule has 3 atom stereocenters. The Kier molecular flexibility index (Phi) is 3.34. The van der Waals surface area contributed by atoms with E-state index in [0.717, 1.165) is 19.4 Å². The average molecular weight is 157 g/mol. The van der Waals surface area contributed by atoms with Gasteiger partial charge in [-0.15, -0.1) is 0 Å². The fourth-order valence-corrected chi connectivity index (χ4v) is 1.64. The number of nitrogens with one attached hydrogen (secondary N) is 1. The lowest BCUT2D eigenvalue weighted by Crippen LogP contribution is -2.38. The molecule has 0 aromatic heterocycles. The summed E-state index contributed by atoms with van der Waals surface area (Å²) in [6.07, 6.45) is 3.30. The first-order chi connectivity index (χ1) is 5.25. The third kappa shape index (κ3) is 2.17. The molecule has 1 aliphatic rings. The molecule has 11 heavy (non-hydrogen) atoms. The van der Waals surface area contributed by atoms with Gasteiger partial charge in [0.25, 0.3) is 0 Å². The molecule has 0 aromatic rings. The number of aliphatic hydroxyl groups excluding tert-OH is 1. The van der Waals surface area contributed by atoms with Crippen molar-refractivity contribution in [2.75, 3.05) is 6.54 Å². The summed E-state index contributed by atoms with van der Waals surface area (Å²) < 4.78 is 0. The Morgan fingerprint density at radius 3 is 2.82 bits per heavy atom. The van der Waals surface area contributed by atoms with Crippen LogP contribution in [0.4, 0.5) is 0 Å². The predicted molar refractivity (Wildman–Crippen MR) is 46.5 cm³/mol. The molecular weight excluding hydrogens is 138 g/mol. The van der Waals surface area contributed by atoms with Gasteiger partial charge >= 0.3 is 0 Å². The number of rotatable bonds is 3. The molecule has 0 aromatic carbocycles. The van der Waals surface area contributed by atoms with Gasteiger partial charge in [0.05, 0.1) is 6.10 Å². The zero-order valence-corrected chi connectivity index (χ0v) is 7.51. The molecule has 2 unspecified atom stereocenters. The zero-order chi connectivity index (χ0) is 8.27. The summed E-state index contributed by atoms with van der Waals surface area (Å²) in [6, 6.07) is 0.366. The first-order valence-electron chi connectivity index (χ1n) is 4.67. The van der Waals surface area contributed by atoms with Gasteiger partial charge in [-0.1, -0.05) is 20.3 Å². The average Bonchev–Trinajstić information content (AvgIpc) is 2.53.